The van der Waals surface area contributed by atoms with E-state index in [2.05, 4.69) is 16.3 Å². The monoisotopic (exact) mass is 350 g/mol. The van der Waals surface area contributed by atoms with Crippen LogP contribution in [0.2, 0.25) is 0 Å². The average molecular weight is 350 g/mol. The first-order chi connectivity index (χ1) is 12.3. The minimum atomic E-state index is 0.474. The second-order valence-electron chi connectivity index (χ2n) is 5.19. The second-order valence-corrected chi connectivity index (χ2v) is 6.25. The zero-order chi connectivity index (χ0) is 17.5. The molecule has 3 aromatic rings. The Hall–Kier alpha value is -2.78. The Morgan fingerprint density at radius 3 is 2.52 bits per heavy atom. The number of thioether (sulfide) groups is 1. The van der Waals surface area contributed by atoms with Gasteiger partial charge in [0.05, 0.1) is 12.7 Å². The molecule has 1 heterocycles. The first-order valence-corrected chi connectivity index (χ1v) is 9.06. The summed E-state index contributed by atoms with van der Waals surface area (Å²) in [5.74, 6) is 2.30. The molecule has 0 saturated carbocycles. The number of benzene rings is 2. The average Bonchev–Trinajstić information content (AvgIpc) is 3.07. The largest absolute Gasteiger partial charge is 0.494 e. The number of ether oxygens (including phenoxy) is 1. The fourth-order valence-corrected chi connectivity index (χ4v) is 3.21. The zero-order valence-corrected chi connectivity index (χ0v) is 14.7. The maximum absolute atomic E-state index is 8.77. The van der Waals surface area contributed by atoms with Gasteiger partial charge in [-0.05, 0) is 31.2 Å². The summed E-state index contributed by atoms with van der Waals surface area (Å²) in [5, 5.41) is 18.3. The van der Waals surface area contributed by atoms with Gasteiger partial charge in [-0.15, -0.1) is 10.2 Å². The second kappa shape index (κ2) is 8.36. The number of rotatable bonds is 7. The summed E-state index contributed by atoms with van der Waals surface area (Å²) in [6.07, 6.45) is 0.474. The van der Waals surface area contributed by atoms with Gasteiger partial charge in [0.2, 0.25) is 0 Å². The summed E-state index contributed by atoms with van der Waals surface area (Å²) < 4.78 is 7.54. The summed E-state index contributed by atoms with van der Waals surface area (Å²) in [7, 11) is 0. The summed E-state index contributed by atoms with van der Waals surface area (Å²) in [4.78, 5) is 0. The SMILES string of the molecule is CCOc1ccc(-n2c(SCCC#N)nnc2-c2ccccc2)cc1. The summed E-state index contributed by atoms with van der Waals surface area (Å²) in [5.41, 5.74) is 1.96. The van der Waals surface area contributed by atoms with Gasteiger partial charge in [0.25, 0.3) is 0 Å². The molecule has 25 heavy (non-hydrogen) atoms. The maximum Gasteiger partial charge on any atom is 0.196 e. The van der Waals surface area contributed by atoms with Gasteiger partial charge in [-0.1, -0.05) is 42.1 Å². The highest BCUT2D eigenvalue weighted by Crippen LogP contribution is 2.29. The molecule has 0 bridgehead atoms. The van der Waals surface area contributed by atoms with Crippen LogP contribution in [0.3, 0.4) is 0 Å². The molecule has 0 spiro atoms. The molecule has 0 radical (unpaired) electrons. The minimum Gasteiger partial charge on any atom is -0.494 e. The van der Waals surface area contributed by atoms with Crippen molar-refractivity contribution >= 4 is 11.8 Å². The summed E-state index contributed by atoms with van der Waals surface area (Å²) >= 11 is 1.53. The van der Waals surface area contributed by atoms with Crippen LogP contribution in [0.1, 0.15) is 13.3 Å². The lowest BCUT2D eigenvalue weighted by Gasteiger charge is -2.11. The molecular weight excluding hydrogens is 332 g/mol. The highest BCUT2D eigenvalue weighted by Gasteiger charge is 2.16. The van der Waals surface area contributed by atoms with Crippen LogP contribution in [-0.2, 0) is 0 Å². The van der Waals surface area contributed by atoms with E-state index in [1.165, 1.54) is 11.8 Å². The molecule has 0 aliphatic rings. The van der Waals surface area contributed by atoms with Crippen LogP contribution in [0.5, 0.6) is 5.75 Å². The number of nitriles is 1. The predicted octanol–water partition coefficient (Wildman–Crippen LogP) is 4.34. The lowest BCUT2D eigenvalue weighted by atomic mass is 10.2. The highest BCUT2D eigenvalue weighted by molar-refractivity contribution is 7.99. The molecule has 2 aromatic carbocycles. The zero-order valence-electron chi connectivity index (χ0n) is 13.9. The molecule has 5 nitrogen and oxygen atoms in total. The fraction of sp³-hybridized carbons (Fsp3) is 0.211. The Morgan fingerprint density at radius 1 is 1.08 bits per heavy atom. The van der Waals surface area contributed by atoms with E-state index in [9.17, 15) is 0 Å². The van der Waals surface area contributed by atoms with Crippen molar-refractivity contribution in [2.75, 3.05) is 12.4 Å². The van der Waals surface area contributed by atoms with E-state index in [0.29, 0.717) is 18.8 Å². The van der Waals surface area contributed by atoms with E-state index in [4.69, 9.17) is 10.00 Å². The summed E-state index contributed by atoms with van der Waals surface area (Å²) in [6.45, 7) is 2.60. The van der Waals surface area contributed by atoms with Gasteiger partial charge in [-0.3, -0.25) is 4.57 Å². The Balaban J connectivity index is 2.01. The smallest absolute Gasteiger partial charge is 0.196 e. The molecule has 0 unspecified atom stereocenters. The van der Waals surface area contributed by atoms with Gasteiger partial charge in [-0.2, -0.15) is 5.26 Å². The van der Waals surface area contributed by atoms with Crippen LogP contribution in [-0.4, -0.2) is 27.1 Å². The lowest BCUT2D eigenvalue weighted by molar-refractivity contribution is 0.340. The van der Waals surface area contributed by atoms with Crippen LogP contribution in [0.25, 0.3) is 17.1 Å². The number of hydrogen-bond acceptors (Lipinski definition) is 5. The van der Waals surface area contributed by atoms with Crippen molar-refractivity contribution in [3.63, 3.8) is 0 Å². The van der Waals surface area contributed by atoms with Crippen LogP contribution in [0, 0.1) is 11.3 Å². The van der Waals surface area contributed by atoms with Gasteiger partial charge in [0, 0.05) is 23.4 Å². The third-order valence-corrected chi connectivity index (χ3v) is 4.45. The molecular formula is C19H18N4OS. The van der Waals surface area contributed by atoms with Crippen LogP contribution in [0.4, 0.5) is 0 Å². The predicted molar refractivity (Wildman–Crippen MR) is 98.9 cm³/mol. The van der Waals surface area contributed by atoms with Crippen molar-refractivity contribution in [3.05, 3.63) is 54.6 Å². The molecule has 1 aromatic heterocycles. The first kappa shape index (κ1) is 17.1. The van der Waals surface area contributed by atoms with E-state index in [0.717, 1.165) is 28.0 Å². The minimum absolute atomic E-state index is 0.474. The van der Waals surface area contributed by atoms with Gasteiger partial charge in [0.15, 0.2) is 11.0 Å². The Bertz CT molecular complexity index is 853. The molecule has 3 rings (SSSR count). The summed E-state index contributed by atoms with van der Waals surface area (Å²) in [6, 6.07) is 20.0. The van der Waals surface area contributed by atoms with Crippen molar-refractivity contribution in [2.24, 2.45) is 0 Å². The maximum atomic E-state index is 8.77. The first-order valence-electron chi connectivity index (χ1n) is 8.07. The van der Waals surface area contributed by atoms with Crippen LogP contribution >= 0.6 is 11.8 Å². The number of aromatic nitrogens is 3. The van der Waals surface area contributed by atoms with E-state index in [-0.39, 0.29) is 0 Å². The van der Waals surface area contributed by atoms with Crippen molar-refractivity contribution in [1.29, 1.82) is 5.26 Å². The van der Waals surface area contributed by atoms with Gasteiger partial charge in [-0.25, -0.2) is 0 Å². The molecule has 126 valence electrons. The van der Waals surface area contributed by atoms with Crippen molar-refractivity contribution in [2.45, 2.75) is 18.5 Å². The van der Waals surface area contributed by atoms with E-state index in [1.807, 2.05) is 66.1 Å². The Morgan fingerprint density at radius 2 is 1.84 bits per heavy atom. The van der Waals surface area contributed by atoms with Gasteiger partial charge in [0.1, 0.15) is 5.75 Å². The standard InChI is InChI=1S/C19H18N4OS/c1-2-24-17-11-9-16(10-12-17)23-18(15-7-4-3-5-8-15)21-22-19(23)25-14-6-13-20/h3-5,7-12H,2,6,14H2,1H3. The molecule has 0 aliphatic carbocycles. The topological polar surface area (TPSA) is 63.7 Å². The number of nitrogens with zero attached hydrogens (tertiary/aromatic N) is 4. The van der Waals surface area contributed by atoms with E-state index < -0.39 is 0 Å². The van der Waals surface area contributed by atoms with E-state index in [1.54, 1.807) is 0 Å². The van der Waals surface area contributed by atoms with Gasteiger partial charge < -0.3 is 4.74 Å². The van der Waals surface area contributed by atoms with Crippen molar-refractivity contribution in [3.8, 4) is 28.9 Å². The lowest BCUT2D eigenvalue weighted by Crippen LogP contribution is -2.00. The van der Waals surface area contributed by atoms with E-state index >= 15 is 0 Å². The third kappa shape index (κ3) is 4.01. The highest BCUT2D eigenvalue weighted by atomic mass is 32.2. The van der Waals surface area contributed by atoms with Gasteiger partial charge >= 0.3 is 0 Å². The Labute approximate surface area is 151 Å². The van der Waals surface area contributed by atoms with Crippen LogP contribution < -0.4 is 4.74 Å². The van der Waals surface area contributed by atoms with Crippen molar-refractivity contribution in [1.82, 2.24) is 14.8 Å². The molecule has 0 amide bonds. The molecule has 0 saturated heterocycles. The molecule has 0 atom stereocenters. The quantitative estimate of drug-likeness (QED) is 0.468. The van der Waals surface area contributed by atoms with Crippen molar-refractivity contribution < 1.29 is 4.74 Å². The molecule has 0 fully saturated rings. The normalized spacial score (nSPS) is 10.4. The Kier molecular flexibility index (Phi) is 5.70. The number of hydrogen-bond donors (Lipinski definition) is 0. The molecule has 0 N–H and O–H groups in total. The third-order valence-electron chi connectivity index (χ3n) is 3.52. The fourth-order valence-electron chi connectivity index (χ4n) is 2.42. The molecule has 6 heteroatoms. The van der Waals surface area contributed by atoms with Crippen LogP contribution in [0.15, 0.2) is 59.8 Å². The molecule has 0 aliphatic heterocycles.